The number of aromatic nitrogens is 2. The average molecular weight is 492 g/mol. The molecule has 1 aromatic carbocycles. The molecule has 2 amide bonds. The zero-order valence-electron chi connectivity index (χ0n) is 21.9. The van der Waals surface area contributed by atoms with Gasteiger partial charge in [0, 0.05) is 77.1 Å². The maximum atomic E-state index is 13.3. The number of likely N-dealkylation sites (N-methyl/N-ethyl adjacent to an activating group) is 1. The second-order valence-electron chi connectivity index (χ2n) is 10.4. The summed E-state index contributed by atoms with van der Waals surface area (Å²) < 4.78 is 0. The summed E-state index contributed by atoms with van der Waals surface area (Å²) in [5.74, 6) is 2.53. The van der Waals surface area contributed by atoms with Crippen LogP contribution in [0.2, 0.25) is 0 Å². The molecule has 1 atom stereocenters. The van der Waals surface area contributed by atoms with Crippen LogP contribution in [0.25, 0.3) is 0 Å². The van der Waals surface area contributed by atoms with Gasteiger partial charge in [-0.05, 0) is 51.1 Å². The van der Waals surface area contributed by atoms with Gasteiger partial charge in [-0.1, -0.05) is 6.07 Å². The van der Waals surface area contributed by atoms with Crippen LogP contribution in [0.4, 0.5) is 17.3 Å². The Labute approximate surface area is 213 Å². The maximum Gasteiger partial charge on any atom is 0.228 e. The fourth-order valence-electron chi connectivity index (χ4n) is 5.33. The van der Waals surface area contributed by atoms with Crippen molar-refractivity contribution >= 4 is 29.1 Å². The van der Waals surface area contributed by atoms with Crippen molar-refractivity contribution < 1.29 is 9.59 Å². The van der Waals surface area contributed by atoms with Gasteiger partial charge in [0.15, 0.2) is 0 Å². The zero-order chi connectivity index (χ0) is 25.4. The summed E-state index contributed by atoms with van der Waals surface area (Å²) in [6.07, 6.45) is 0.283. The van der Waals surface area contributed by atoms with Crippen LogP contribution in [0.3, 0.4) is 0 Å². The first-order valence-corrected chi connectivity index (χ1v) is 13.0. The number of hydrogen-bond acceptors (Lipinski definition) is 7. The number of amides is 2. The van der Waals surface area contributed by atoms with E-state index in [2.05, 4.69) is 41.7 Å². The number of aryl methyl sites for hydroxylation is 3. The second kappa shape index (κ2) is 10.0. The summed E-state index contributed by atoms with van der Waals surface area (Å²) in [5, 5.41) is 0. The minimum Gasteiger partial charge on any atom is -0.354 e. The van der Waals surface area contributed by atoms with Gasteiger partial charge in [0.2, 0.25) is 11.8 Å². The Balaban J connectivity index is 1.20. The Hall–Kier alpha value is -3.20. The largest absolute Gasteiger partial charge is 0.354 e. The molecule has 5 rings (SSSR count). The first-order valence-electron chi connectivity index (χ1n) is 13.0. The van der Waals surface area contributed by atoms with Gasteiger partial charge in [0.05, 0.1) is 5.92 Å². The molecule has 0 N–H and O–H groups in total. The van der Waals surface area contributed by atoms with E-state index < -0.39 is 0 Å². The Morgan fingerprint density at radius 2 is 1.44 bits per heavy atom. The van der Waals surface area contributed by atoms with Crippen LogP contribution in [0, 0.1) is 26.7 Å². The monoisotopic (exact) mass is 491 g/mol. The quantitative estimate of drug-likeness (QED) is 0.646. The minimum atomic E-state index is -0.282. The molecule has 0 spiro atoms. The number of rotatable bonds is 4. The molecule has 36 heavy (non-hydrogen) atoms. The molecule has 1 unspecified atom stereocenters. The van der Waals surface area contributed by atoms with E-state index in [1.165, 1.54) is 5.56 Å². The van der Waals surface area contributed by atoms with E-state index in [4.69, 9.17) is 9.97 Å². The van der Waals surface area contributed by atoms with Gasteiger partial charge < -0.3 is 24.5 Å². The molecule has 0 bridgehead atoms. The van der Waals surface area contributed by atoms with E-state index >= 15 is 0 Å². The van der Waals surface area contributed by atoms with Crippen LogP contribution >= 0.6 is 0 Å². The van der Waals surface area contributed by atoms with Gasteiger partial charge in [0.1, 0.15) is 17.5 Å². The summed E-state index contributed by atoms with van der Waals surface area (Å²) >= 11 is 0. The normalized spacial score (nSPS) is 21.4. The molecule has 192 valence electrons. The van der Waals surface area contributed by atoms with E-state index in [0.29, 0.717) is 19.6 Å². The van der Waals surface area contributed by atoms with Gasteiger partial charge in [-0.3, -0.25) is 9.59 Å². The highest BCUT2D eigenvalue weighted by atomic mass is 16.2. The molecule has 2 aromatic rings. The molecule has 0 radical (unpaired) electrons. The molecule has 3 fully saturated rings. The van der Waals surface area contributed by atoms with Crippen molar-refractivity contribution in [3.8, 4) is 0 Å². The second-order valence-corrected chi connectivity index (χ2v) is 10.4. The number of nitrogens with zero attached hydrogens (tertiary/aromatic N) is 7. The Kier molecular flexibility index (Phi) is 6.83. The van der Waals surface area contributed by atoms with Crippen LogP contribution < -0.4 is 14.7 Å². The molecule has 9 nitrogen and oxygen atoms in total. The Bertz CT molecular complexity index is 1140. The molecule has 3 aliphatic heterocycles. The predicted molar refractivity (Wildman–Crippen MR) is 142 cm³/mol. The highest BCUT2D eigenvalue weighted by molar-refractivity contribution is 6.00. The summed E-state index contributed by atoms with van der Waals surface area (Å²) in [5.41, 5.74) is 3.24. The van der Waals surface area contributed by atoms with Gasteiger partial charge in [0.25, 0.3) is 0 Å². The van der Waals surface area contributed by atoms with Crippen LogP contribution in [-0.4, -0.2) is 97.5 Å². The average Bonchev–Trinajstić information content (AvgIpc) is 3.27. The first-order chi connectivity index (χ1) is 17.3. The van der Waals surface area contributed by atoms with Crippen LogP contribution in [-0.2, 0) is 9.59 Å². The van der Waals surface area contributed by atoms with Gasteiger partial charge in [-0.2, -0.15) is 0 Å². The smallest absolute Gasteiger partial charge is 0.228 e. The Morgan fingerprint density at radius 1 is 0.833 bits per heavy atom. The van der Waals surface area contributed by atoms with Gasteiger partial charge in [-0.25, -0.2) is 9.97 Å². The number of benzene rings is 1. The maximum absolute atomic E-state index is 13.3. The molecule has 1 aromatic heterocycles. The van der Waals surface area contributed by atoms with Crippen molar-refractivity contribution in [1.82, 2.24) is 19.8 Å². The number of piperazine rings is 2. The number of anilines is 3. The van der Waals surface area contributed by atoms with Crippen LogP contribution in [0.15, 0.2) is 24.3 Å². The van der Waals surface area contributed by atoms with Gasteiger partial charge >= 0.3 is 0 Å². The van der Waals surface area contributed by atoms with Gasteiger partial charge in [-0.15, -0.1) is 0 Å². The molecular weight excluding hydrogens is 454 g/mol. The molecule has 4 heterocycles. The summed E-state index contributed by atoms with van der Waals surface area (Å²) in [6, 6.07) is 8.15. The van der Waals surface area contributed by atoms with Crippen molar-refractivity contribution in [3.05, 3.63) is 41.2 Å². The highest BCUT2D eigenvalue weighted by Crippen LogP contribution is 2.29. The topological polar surface area (TPSA) is 76.1 Å². The molecular formula is C27H37N7O2. The third-order valence-electron chi connectivity index (χ3n) is 7.83. The van der Waals surface area contributed by atoms with E-state index in [-0.39, 0.29) is 24.2 Å². The van der Waals surface area contributed by atoms with Crippen molar-refractivity contribution in [3.63, 3.8) is 0 Å². The molecule has 0 saturated carbocycles. The highest BCUT2D eigenvalue weighted by Gasteiger charge is 2.38. The van der Waals surface area contributed by atoms with E-state index in [1.54, 1.807) is 4.90 Å². The fourth-order valence-corrected chi connectivity index (χ4v) is 5.33. The Morgan fingerprint density at radius 3 is 2.06 bits per heavy atom. The lowest BCUT2D eigenvalue weighted by Crippen LogP contribution is -2.51. The van der Waals surface area contributed by atoms with Crippen molar-refractivity contribution in [2.45, 2.75) is 27.2 Å². The van der Waals surface area contributed by atoms with Crippen molar-refractivity contribution in [1.29, 1.82) is 0 Å². The lowest BCUT2D eigenvalue weighted by molar-refractivity contribution is -0.136. The molecule has 9 heteroatoms. The third-order valence-corrected chi connectivity index (χ3v) is 7.83. The fraction of sp³-hybridized carbons (Fsp3) is 0.556. The molecule has 3 saturated heterocycles. The number of carbonyl (C=O) groups is 2. The summed E-state index contributed by atoms with van der Waals surface area (Å²) in [4.78, 5) is 46.1. The standard InChI is InChI=1S/C27H37N7O2/c1-19-5-6-23(15-20(19)2)34-18-22(16-26(34)35)27(36)33-13-11-32(12-14-33)25-17-24(28-21(3)29-25)31-9-7-30(4)8-10-31/h5-6,15,17,22H,7-14,16,18H2,1-4H3. The number of carbonyl (C=O) groups excluding carboxylic acids is 2. The third kappa shape index (κ3) is 5.02. The summed E-state index contributed by atoms with van der Waals surface area (Å²) in [6.45, 7) is 13.2. The first kappa shape index (κ1) is 24.5. The zero-order valence-corrected chi connectivity index (χ0v) is 21.9. The van der Waals surface area contributed by atoms with E-state index in [0.717, 1.165) is 68.0 Å². The lowest BCUT2D eigenvalue weighted by atomic mass is 10.1. The predicted octanol–water partition coefficient (Wildman–Crippen LogP) is 1.86. The van der Waals surface area contributed by atoms with Crippen molar-refractivity contribution in [2.75, 3.05) is 80.7 Å². The van der Waals surface area contributed by atoms with Crippen LogP contribution in [0.5, 0.6) is 0 Å². The number of hydrogen-bond donors (Lipinski definition) is 0. The molecule has 3 aliphatic rings. The summed E-state index contributed by atoms with van der Waals surface area (Å²) in [7, 11) is 2.15. The van der Waals surface area contributed by atoms with Crippen molar-refractivity contribution in [2.24, 2.45) is 5.92 Å². The van der Waals surface area contributed by atoms with Crippen LogP contribution in [0.1, 0.15) is 23.4 Å². The van der Waals surface area contributed by atoms with E-state index in [1.807, 2.05) is 30.0 Å². The minimum absolute atomic E-state index is 0.0307. The lowest BCUT2D eigenvalue weighted by Gasteiger charge is -2.37. The van der Waals surface area contributed by atoms with E-state index in [9.17, 15) is 9.59 Å². The molecule has 0 aliphatic carbocycles. The SMILES string of the molecule is Cc1nc(N2CCN(C)CC2)cc(N2CCN(C(=O)C3CC(=O)N(c4ccc(C)c(C)c4)C3)CC2)n1.